The van der Waals surface area contributed by atoms with Gasteiger partial charge in [0.2, 0.25) is 5.88 Å². The number of halogens is 1. The highest BCUT2D eigenvalue weighted by Crippen LogP contribution is 2.12. The Morgan fingerprint density at radius 2 is 2.18 bits per heavy atom. The van der Waals surface area contributed by atoms with E-state index in [9.17, 15) is 4.39 Å². The van der Waals surface area contributed by atoms with Crippen molar-refractivity contribution < 1.29 is 9.13 Å². The van der Waals surface area contributed by atoms with Crippen LogP contribution in [0, 0.1) is 17.1 Å². The monoisotopic (exact) mass is 234 g/mol. The zero-order valence-electron chi connectivity index (χ0n) is 10.0. The molecule has 0 radical (unpaired) electrons. The van der Waals surface area contributed by atoms with Crippen LogP contribution in [-0.4, -0.2) is 6.72 Å². The summed E-state index contributed by atoms with van der Waals surface area (Å²) in [5.74, 6) is -0.343. The highest BCUT2D eigenvalue weighted by atomic mass is 19.1. The van der Waals surface area contributed by atoms with E-state index in [4.69, 9.17) is 10.00 Å². The Morgan fingerprint density at radius 1 is 1.53 bits per heavy atom. The number of hydrogen-bond donors (Lipinski definition) is 0. The first-order valence-corrected chi connectivity index (χ1v) is 5.14. The number of ether oxygens (including phenoxy) is 1. The molecule has 0 fully saturated rings. The topological polar surface area (TPSA) is 45.4 Å². The summed E-state index contributed by atoms with van der Waals surface area (Å²) >= 11 is 0. The average molecular weight is 234 g/mol. The van der Waals surface area contributed by atoms with Crippen LogP contribution in [-0.2, 0) is 11.3 Å². The van der Waals surface area contributed by atoms with Crippen LogP contribution in [0.4, 0.5) is 4.39 Å². The van der Waals surface area contributed by atoms with E-state index in [1.807, 2.05) is 19.9 Å². The second-order valence-corrected chi connectivity index (χ2v) is 2.76. The van der Waals surface area contributed by atoms with Crippen molar-refractivity contribution in [2.45, 2.75) is 20.5 Å². The molecule has 0 aliphatic rings. The second-order valence-electron chi connectivity index (χ2n) is 2.76. The molecule has 4 heteroatoms. The maximum atomic E-state index is 13.3. The van der Waals surface area contributed by atoms with E-state index in [0.717, 1.165) is 6.07 Å². The van der Waals surface area contributed by atoms with Gasteiger partial charge in [0.15, 0.2) is 0 Å². The molecule has 0 saturated heterocycles. The molecule has 17 heavy (non-hydrogen) atoms. The van der Waals surface area contributed by atoms with Gasteiger partial charge in [0, 0.05) is 5.56 Å². The predicted molar refractivity (Wildman–Crippen MR) is 65.9 cm³/mol. The lowest BCUT2D eigenvalue weighted by Gasteiger charge is -2.05. The molecule has 0 heterocycles. The van der Waals surface area contributed by atoms with Crippen LogP contribution >= 0.6 is 0 Å². The third kappa shape index (κ3) is 4.94. The molecule has 0 aromatic heterocycles. The van der Waals surface area contributed by atoms with Crippen molar-refractivity contribution in [2.75, 3.05) is 0 Å². The smallest absolute Gasteiger partial charge is 0.205 e. The molecule has 0 aliphatic carbocycles. The Hall–Kier alpha value is -2.15. The number of rotatable bonds is 4. The van der Waals surface area contributed by atoms with Crippen LogP contribution in [0.25, 0.3) is 0 Å². The third-order valence-electron chi connectivity index (χ3n) is 1.75. The van der Waals surface area contributed by atoms with Gasteiger partial charge in [-0.25, -0.2) is 9.38 Å². The quantitative estimate of drug-likeness (QED) is 0.592. The molecule has 0 atom stereocenters. The number of benzene rings is 1. The van der Waals surface area contributed by atoms with Gasteiger partial charge < -0.3 is 4.74 Å². The van der Waals surface area contributed by atoms with Crippen molar-refractivity contribution in [1.29, 1.82) is 5.26 Å². The van der Waals surface area contributed by atoms with Crippen molar-refractivity contribution in [1.82, 2.24) is 0 Å². The fraction of sp³-hybridized carbons (Fsp3) is 0.231. The van der Waals surface area contributed by atoms with Crippen LogP contribution in [0.15, 0.2) is 35.7 Å². The average Bonchev–Trinajstić information content (AvgIpc) is 2.39. The zero-order valence-corrected chi connectivity index (χ0v) is 10.0. The minimum Gasteiger partial charge on any atom is -0.473 e. The van der Waals surface area contributed by atoms with Crippen LogP contribution in [0.1, 0.15) is 25.0 Å². The molecule has 1 aromatic carbocycles. The lowest BCUT2D eigenvalue weighted by atomic mass is 10.1. The molecule has 0 unspecified atom stereocenters. The molecule has 0 amide bonds. The molecule has 0 aliphatic heterocycles. The summed E-state index contributed by atoms with van der Waals surface area (Å²) in [6.45, 7) is 10.7. The highest BCUT2D eigenvalue weighted by molar-refractivity contribution is 5.32. The first kappa shape index (κ1) is 14.8. The number of aliphatic imine (C=N–C) groups is 1. The van der Waals surface area contributed by atoms with Crippen LogP contribution in [0.2, 0.25) is 0 Å². The summed E-state index contributed by atoms with van der Waals surface area (Å²) in [6, 6.07) is 6.01. The molecule has 0 bridgehead atoms. The Labute approximate surface area is 101 Å². The van der Waals surface area contributed by atoms with Gasteiger partial charge in [-0.15, -0.1) is 0 Å². The predicted octanol–water partition coefficient (Wildman–Crippen LogP) is 3.41. The van der Waals surface area contributed by atoms with E-state index in [1.54, 1.807) is 0 Å². The van der Waals surface area contributed by atoms with Crippen molar-refractivity contribution in [3.05, 3.63) is 47.6 Å². The van der Waals surface area contributed by atoms with E-state index in [-0.39, 0.29) is 18.1 Å². The molecule has 1 aromatic rings. The molecule has 90 valence electrons. The fourth-order valence-corrected chi connectivity index (χ4v) is 0.941. The Kier molecular flexibility index (Phi) is 7.04. The zero-order chi connectivity index (χ0) is 13.3. The van der Waals surface area contributed by atoms with Gasteiger partial charge in [-0.2, -0.15) is 5.26 Å². The number of nitrogens with zero attached hydrogens (tertiary/aromatic N) is 2. The number of hydrogen-bond acceptors (Lipinski definition) is 3. The first-order chi connectivity index (χ1) is 8.17. The molecule has 0 N–H and O–H groups in total. The van der Waals surface area contributed by atoms with E-state index in [0.29, 0.717) is 5.56 Å². The van der Waals surface area contributed by atoms with Crippen LogP contribution in [0.3, 0.4) is 0 Å². The van der Waals surface area contributed by atoms with Gasteiger partial charge in [0.1, 0.15) is 12.4 Å². The molecule has 3 nitrogen and oxygen atoms in total. The van der Waals surface area contributed by atoms with Gasteiger partial charge in [-0.1, -0.05) is 19.9 Å². The van der Waals surface area contributed by atoms with Gasteiger partial charge in [0.05, 0.1) is 11.6 Å². The van der Waals surface area contributed by atoms with Crippen LogP contribution < -0.4 is 0 Å². The maximum Gasteiger partial charge on any atom is 0.205 e. The summed E-state index contributed by atoms with van der Waals surface area (Å²) in [5.41, 5.74) is 0.621. The van der Waals surface area contributed by atoms with E-state index in [2.05, 4.69) is 18.3 Å². The summed E-state index contributed by atoms with van der Waals surface area (Å²) in [7, 11) is 0. The molecule has 0 spiro atoms. The van der Waals surface area contributed by atoms with Gasteiger partial charge >= 0.3 is 0 Å². The van der Waals surface area contributed by atoms with Gasteiger partial charge in [0.25, 0.3) is 0 Å². The Morgan fingerprint density at radius 3 is 2.65 bits per heavy atom. The lowest BCUT2D eigenvalue weighted by Crippen LogP contribution is -1.95. The maximum absolute atomic E-state index is 13.3. The minimum atomic E-state index is -0.481. The van der Waals surface area contributed by atoms with Crippen molar-refractivity contribution in [2.24, 2.45) is 4.99 Å². The Balaban J connectivity index is 0.00000121. The fourth-order valence-electron chi connectivity index (χ4n) is 0.941. The van der Waals surface area contributed by atoms with E-state index >= 15 is 0 Å². The van der Waals surface area contributed by atoms with Crippen molar-refractivity contribution in [3.8, 4) is 6.07 Å². The van der Waals surface area contributed by atoms with Crippen molar-refractivity contribution in [3.63, 3.8) is 0 Å². The summed E-state index contributed by atoms with van der Waals surface area (Å²) in [5, 5.41) is 8.52. The van der Waals surface area contributed by atoms with E-state index < -0.39 is 5.82 Å². The number of nitriles is 1. The van der Waals surface area contributed by atoms with Crippen LogP contribution in [0.5, 0.6) is 0 Å². The molecular formula is C13H15FN2O. The summed E-state index contributed by atoms with van der Waals surface area (Å²) < 4.78 is 18.3. The minimum absolute atomic E-state index is 0.0232. The lowest BCUT2D eigenvalue weighted by molar-refractivity contribution is 0.195. The molecule has 0 saturated carbocycles. The standard InChI is InChI=1S/C11H9FN2O.C2H6/c1-8(14-2)15-7-10-4-3-9(6-13)5-11(10)12;1-2/h3-5H,1-2,7H2;1-2H3. The largest absolute Gasteiger partial charge is 0.473 e. The second kappa shape index (κ2) is 8.05. The first-order valence-electron chi connectivity index (χ1n) is 5.14. The van der Waals surface area contributed by atoms with Gasteiger partial charge in [-0.3, -0.25) is 0 Å². The van der Waals surface area contributed by atoms with Gasteiger partial charge in [-0.05, 0) is 25.4 Å². The molecule has 1 rings (SSSR count). The van der Waals surface area contributed by atoms with Crippen molar-refractivity contribution >= 4 is 6.72 Å². The SMILES string of the molecule is C=NC(=C)OCc1ccc(C#N)cc1F.CC. The highest BCUT2D eigenvalue weighted by Gasteiger charge is 2.04. The summed E-state index contributed by atoms with van der Waals surface area (Å²) in [4.78, 5) is 3.43. The summed E-state index contributed by atoms with van der Waals surface area (Å²) in [6.07, 6.45) is 0. The Bertz CT molecular complexity index is 436. The van der Waals surface area contributed by atoms with E-state index in [1.165, 1.54) is 12.1 Å². The normalized spacial score (nSPS) is 8.35. The third-order valence-corrected chi connectivity index (χ3v) is 1.75. The molecular weight excluding hydrogens is 219 g/mol.